The quantitative estimate of drug-likeness (QED) is 0.360. The Morgan fingerprint density at radius 1 is 1.50 bits per heavy atom. The van der Waals surface area contributed by atoms with Gasteiger partial charge in [-0.05, 0) is 13.8 Å². The first kappa shape index (κ1) is 11.9. The van der Waals surface area contributed by atoms with Gasteiger partial charge in [0.15, 0.2) is 0 Å². The molecular weight excluding hydrogens is 136 g/mol. The van der Waals surface area contributed by atoms with E-state index in [4.69, 9.17) is 15.3 Å². The number of hydrogen-bond donors (Lipinski definition) is 3. The lowest BCUT2D eigenvalue weighted by Gasteiger charge is -1.84. The number of carboxylic acid groups (broad SMARTS) is 1. The van der Waals surface area contributed by atoms with Crippen LogP contribution in [0.15, 0.2) is 11.6 Å². The Morgan fingerprint density at radius 2 is 1.80 bits per heavy atom. The summed E-state index contributed by atoms with van der Waals surface area (Å²) < 4.78 is 0. The summed E-state index contributed by atoms with van der Waals surface area (Å²) in [7, 11) is 0. The zero-order valence-electron chi connectivity index (χ0n) is 6.03. The van der Waals surface area contributed by atoms with Gasteiger partial charge in [-0.3, -0.25) is 0 Å². The average Bonchev–Trinajstić information content (AvgIpc) is 1.88. The van der Waals surface area contributed by atoms with Crippen LogP contribution in [-0.2, 0) is 4.79 Å². The molecule has 0 radical (unpaired) electrons. The zero-order valence-corrected chi connectivity index (χ0v) is 6.03. The normalized spacial score (nSPS) is 9.80. The molecule has 10 heavy (non-hydrogen) atoms. The molecule has 0 heterocycles. The van der Waals surface area contributed by atoms with E-state index in [1.54, 1.807) is 19.9 Å². The van der Waals surface area contributed by atoms with Crippen LogP contribution in [0.4, 0.5) is 0 Å². The van der Waals surface area contributed by atoms with E-state index in [0.29, 0.717) is 5.57 Å². The Bertz CT molecular complexity index is 117. The van der Waals surface area contributed by atoms with Crippen LogP contribution in [0, 0.1) is 0 Å². The number of allylic oxidation sites excluding steroid dienone is 1. The highest BCUT2D eigenvalue weighted by molar-refractivity contribution is 5.85. The van der Waals surface area contributed by atoms with Crippen LogP contribution in [-0.4, -0.2) is 28.1 Å². The molecule has 0 aliphatic heterocycles. The molecule has 0 bridgehead atoms. The van der Waals surface area contributed by atoms with Crippen molar-refractivity contribution in [1.82, 2.24) is 0 Å². The highest BCUT2D eigenvalue weighted by Gasteiger charge is 1.93. The highest BCUT2D eigenvalue weighted by atomic mass is 16.5. The molecule has 0 saturated heterocycles. The summed E-state index contributed by atoms with van der Waals surface area (Å²) >= 11 is 0. The summed E-state index contributed by atoms with van der Waals surface area (Å²) in [5.74, 6) is -0.845. The Balaban J connectivity index is 0. The maximum absolute atomic E-state index is 9.86. The van der Waals surface area contributed by atoms with Gasteiger partial charge in [0.25, 0.3) is 0 Å². The topological polar surface area (TPSA) is 77.8 Å². The third kappa shape index (κ3) is 10.2. The lowest BCUT2D eigenvalue weighted by molar-refractivity contribution is -0.132. The number of carboxylic acids is 1. The number of aliphatic hydroxyl groups excluding tert-OH is 1. The van der Waals surface area contributed by atoms with Crippen molar-refractivity contribution < 1.29 is 20.1 Å². The zero-order chi connectivity index (χ0) is 8.57. The molecule has 0 rings (SSSR count). The number of carbonyl (C=O) groups is 1. The van der Waals surface area contributed by atoms with Crippen LogP contribution in [0.25, 0.3) is 0 Å². The second-order valence-electron chi connectivity index (χ2n) is 1.42. The van der Waals surface area contributed by atoms with E-state index in [0.717, 1.165) is 0 Å². The molecule has 0 saturated carbocycles. The maximum atomic E-state index is 9.86. The molecule has 60 valence electrons. The first-order valence-corrected chi connectivity index (χ1v) is 2.68. The van der Waals surface area contributed by atoms with Gasteiger partial charge in [-0.15, -0.1) is 0 Å². The van der Waals surface area contributed by atoms with E-state index < -0.39 is 12.8 Å². The Morgan fingerprint density at radius 3 is 1.80 bits per heavy atom. The lowest BCUT2D eigenvalue weighted by atomic mass is 10.3. The van der Waals surface area contributed by atoms with Gasteiger partial charge < -0.3 is 15.3 Å². The van der Waals surface area contributed by atoms with Crippen molar-refractivity contribution in [2.24, 2.45) is 0 Å². The summed E-state index contributed by atoms with van der Waals surface area (Å²) in [6, 6.07) is 0. The minimum atomic E-state index is -0.845. The van der Waals surface area contributed by atoms with Gasteiger partial charge in [0, 0.05) is 5.57 Å². The predicted molar refractivity (Wildman–Crippen MR) is 36.4 cm³/mol. The monoisotopic (exact) mass is 148 g/mol. The molecule has 0 spiro atoms. The number of aliphatic hydroxyl groups is 2. The van der Waals surface area contributed by atoms with Crippen LogP contribution < -0.4 is 0 Å². The van der Waals surface area contributed by atoms with Gasteiger partial charge in [0.05, 0.1) is 0 Å². The maximum Gasteiger partial charge on any atom is 0.330 e. The van der Waals surface area contributed by atoms with Crippen LogP contribution in [0.1, 0.15) is 13.8 Å². The van der Waals surface area contributed by atoms with Gasteiger partial charge in [0.2, 0.25) is 0 Å². The van der Waals surface area contributed by atoms with Crippen molar-refractivity contribution >= 4 is 5.97 Å². The van der Waals surface area contributed by atoms with Gasteiger partial charge in [-0.1, -0.05) is 6.08 Å². The average molecular weight is 148 g/mol. The largest absolute Gasteiger partial charge is 0.478 e. The minimum Gasteiger partial charge on any atom is -0.478 e. The molecule has 3 N–H and O–H groups in total. The molecule has 0 aromatic heterocycles. The summed E-state index contributed by atoms with van der Waals surface area (Å²) in [6.07, 6.45) is 1.56. The lowest BCUT2D eigenvalue weighted by Crippen LogP contribution is -1.93. The second kappa shape index (κ2) is 8.13. The van der Waals surface area contributed by atoms with E-state index in [9.17, 15) is 4.79 Å². The van der Waals surface area contributed by atoms with E-state index in [-0.39, 0.29) is 0 Å². The highest BCUT2D eigenvalue weighted by Crippen LogP contribution is 1.87. The van der Waals surface area contributed by atoms with E-state index in [1.165, 1.54) is 0 Å². The molecule has 0 aromatic carbocycles. The standard InChI is InChI=1S/C5H8O2.CH4O2/c1-3-4(2)5(6)7;2-1-3/h3H,1-2H3,(H,6,7);2-3H,1H2. The first-order chi connectivity index (χ1) is 4.59. The molecule has 0 aliphatic rings. The first-order valence-electron chi connectivity index (χ1n) is 2.68. The Kier molecular flexibility index (Phi) is 9.65. The van der Waals surface area contributed by atoms with Crippen molar-refractivity contribution in [3.63, 3.8) is 0 Å². The minimum absolute atomic E-state index is 0.389. The Labute approximate surface area is 59.4 Å². The van der Waals surface area contributed by atoms with E-state index >= 15 is 0 Å². The van der Waals surface area contributed by atoms with Crippen molar-refractivity contribution in [2.75, 3.05) is 6.79 Å². The van der Waals surface area contributed by atoms with Crippen LogP contribution in [0.5, 0.6) is 0 Å². The molecule has 0 aliphatic carbocycles. The molecular formula is C6H12O4. The summed E-state index contributed by atoms with van der Waals surface area (Å²) in [6.45, 7) is 2.51. The molecule has 0 fully saturated rings. The SMILES string of the molecule is CC=C(C)C(=O)O.OCO. The molecule has 0 amide bonds. The molecule has 4 nitrogen and oxygen atoms in total. The van der Waals surface area contributed by atoms with Crippen molar-refractivity contribution in [2.45, 2.75) is 13.8 Å². The third-order valence-electron chi connectivity index (χ3n) is 0.770. The summed E-state index contributed by atoms with van der Waals surface area (Å²) in [5, 5.41) is 22.4. The Hall–Kier alpha value is -0.870. The van der Waals surface area contributed by atoms with Gasteiger partial charge in [-0.2, -0.15) is 0 Å². The second-order valence-corrected chi connectivity index (χ2v) is 1.42. The van der Waals surface area contributed by atoms with Crippen LogP contribution >= 0.6 is 0 Å². The predicted octanol–water partition coefficient (Wildman–Crippen LogP) is -0.0343. The van der Waals surface area contributed by atoms with Crippen LogP contribution in [0.3, 0.4) is 0 Å². The summed E-state index contributed by atoms with van der Waals surface area (Å²) in [4.78, 5) is 9.86. The third-order valence-corrected chi connectivity index (χ3v) is 0.770. The number of rotatable bonds is 1. The van der Waals surface area contributed by atoms with Crippen molar-refractivity contribution in [3.05, 3.63) is 11.6 Å². The molecule has 0 aromatic rings. The fourth-order valence-electron chi connectivity index (χ4n) is 0.123. The fraction of sp³-hybridized carbons (Fsp3) is 0.500. The van der Waals surface area contributed by atoms with E-state index in [2.05, 4.69) is 0 Å². The van der Waals surface area contributed by atoms with Gasteiger partial charge >= 0.3 is 5.97 Å². The fourth-order valence-corrected chi connectivity index (χ4v) is 0.123. The van der Waals surface area contributed by atoms with Crippen molar-refractivity contribution in [1.29, 1.82) is 0 Å². The molecule has 0 unspecified atom stereocenters. The smallest absolute Gasteiger partial charge is 0.330 e. The van der Waals surface area contributed by atoms with Gasteiger partial charge in [0.1, 0.15) is 6.79 Å². The van der Waals surface area contributed by atoms with E-state index in [1.807, 2.05) is 0 Å². The molecule has 0 atom stereocenters. The number of aliphatic carboxylic acids is 1. The number of hydrogen-bond acceptors (Lipinski definition) is 3. The van der Waals surface area contributed by atoms with Crippen LogP contribution in [0.2, 0.25) is 0 Å². The van der Waals surface area contributed by atoms with Gasteiger partial charge in [-0.25, -0.2) is 4.79 Å². The van der Waals surface area contributed by atoms with Crippen molar-refractivity contribution in [3.8, 4) is 0 Å². The molecule has 4 heteroatoms. The summed E-state index contributed by atoms with van der Waals surface area (Å²) in [5.41, 5.74) is 0.389.